The zero-order valence-corrected chi connectivity index (χ0v) is 15.3. The van der Waals surface area contributed by atoms with E-state index in [2.05, 4.69) is 5.32 Å². The number of imide groups is 2. The van der Waals surface area contributed by atoms with Gasteiger partial charge in [0.05, 0.1) is 15.7 Å². The van der Waals surface area contributed by atoms with Crippen LogP contribution in [0.15, 0.2) is 12.1 Å². The Kier molecular flexibility index (Phi) is 6.02. The minimum absolute atomic E-state index is 0.146. The number of anilines is 1. The van der Waals surface area contributed by atoms with Crippen molar-refractivity contribution in [2.24, 2.45) is 0 Å². The average Bonchev–Trinajstić information content (AvgIpc) is 2.77. The maximum atomic E-state index is 12.2. The predicted molar refractivity (Wildman–Crippen MR) is 93.6 cm³/mol. The van der Waals surface area contributed by atoms with Gasteiger partial charge in [-0.25, -0.2) is 9.69 Å². The summed E-state index contributed by atoms with van der Waals surface area (Å²) in [6.45, 7) is 3.19. The van der Waals surface area contributed by atoms with Crippen LogP contribution in [-0.4, -0.2) is 46.6 Å². The molecular formula is C16H17Cl2N3O4. The molecule has 0 aliphatic carbocycles. The van der Waals surface area contributed by atoms with Crippen LogP contribution in [0.2, 0.25) is 10.0 Å². The van der Waals surface area contributed by atoms with E-state index in [1.807, 2.05) is 6.92 Å². The number of carbonyl (C=O) groups excluding carboxylic acids is 4. The van der Waals surface area contributed by atoms with Crippen LogP contribution in [0.1, 0.15) is 25.3 Å². The topological polar surface area (TPSA) is 86.8 Å². The van der Waals surface area contributed by atoms with Crippen molar-refractivity contribution >= 4 is 52.6 Å². The van der Waals surface area contributed by atoms with Gasteiger partial charge in [-0.1, -0.05) is 42.6 Å². The Bertz CT molecular complexity index is 751. The minimum Gasteiger partial charge on any atom is -0.322 e. The van der Waals surface area contributed by atoms with Gasteiger partial charge in [-0.05, 0) is 25.0 Å². The molecule has 1 aromatic carbocycles. The number of hydrogen-bond acceptors (Lipinski definition) is 4. The summed E-state index contributed by atoms with van der Waals surface area (Å²) in [5, 5.41) is 2.97. The zero-order chi connectivity index (χ0) is 18.7. The second-order valence-electron chi connectivity index (χ2n) is 5.59. The van der Waals surface area contributed by atoms with E-state index in [1.54, 1.807) is 19.1 Å². The van der Waals surface area contributed by atoms with Gasteiger partial charge in [-0.3, -0.25) is 19.3 Å². The van der Waals surface area contributed by atoms with Gasteiger partial charge in [0.1, 0.15) is 6.54 Å². The molecule has 25 heavy (non-hydrogen) atoms. The smallest absolute Gasteiger partial charge is 0.322 e. The van der Waals surface area contributed by atoms with E-state index in [9.17, 15) is 19.2 Å². The van der Waals surface area contributed by atoms with Gasteiger partial charge < -0.3 is 5.32 Å². The van der Waals surface area contributed by atoms with Crippen molar-refractivity contribution < 1.29 is 19.2 Å². The lowest BCUT2D eigenvalue weighted by Gasteiger charge is -2.16. The molecular weight excluding hydrogens is 369 g/mol. The van der Waals surface area contributed by atoms with Gasteiger partial charge in [0.15, 0.2) is 0 Å². The molecule has 134 valence electrons. The number of amides is 5. The van der Waals surface area contributed by atoms with Crippen molar-refractivity contribution in [1.82, 2.24) is 9.80 Å². The fourth-order valence-corrected chi connectivity index (χ4v) is 2.76. The normalized spacial score (nSPS) is 14.5. The lowest BCUT2D eigenvalue weighted by Crippen LogP contribution is -2.39. The molecule has 0 spiro atoms. The quantitative estimate of drug-likeness (QED) is 0.602. The summed E-state index contributed by atoms with van der Waals surface area (Å²) < 4.78 is 0. The van der Waals surface area contributed by atoms with Crippen molar-refractivity contribution in [3.63, 3.8) is 0 Å². The fraction of sp³-hybridized carbons (Fsp3) is 0.375. The molecule has 7 nitrogen and oxygen atoms in total. The van der Waals surface area contributed by atoms with E-state index >= 15 is 0 Å². The molecule has 0 saturated carbocycles. The first-order valence-corrected chi connectivity index (χ1v) is 8.45. The molecule has 1 aromatic rings. The summed E-state index contributed by atoms with van der Waals surface area (Å²) in [6.07, 6.45) is 1.34. The van der Waals surface area contributed by atoms with Gasteiger partial charge in [-0.15, -0.1) is 0 Å². The highest BCUT2D eigenvalue weighted by Gasteiger charge is 2.44. The lowest BCUT2D eigenvalue weighted by molar-refractivity contribution is -0.143. The summed E-state index contributed by atoms with van der Waals surface area (Å²) in [6, 6.07) is 2.47. The molecule has 5 amide bonds. The molecule has 9 heteroatoms. The maximum absolute atomic E-state index is 12.2. The van der Waals surface area contributed by atoms with E-state index in [0.29, 0.717) is 16.9 Å². The third-order valence-electron chi connectivity index (χ3n) is 3.72. The van der Waals surface area contributed by atoms with Crippen molar-refractivity contribution in [3.05, 3.63) is 27.7 Å². The van der Waals surface area contributed by atoms with E-state index in [4.69, 9.17) is 23.2 Å². The van der Waals surface area contributed by atoms with Gasteiger partial charge in [-0.2, -0.15) is 0 Å². The van der Waals surface area contributed by atoms with Crippen LogP contribution in [0.5, 0.6) is 0 Å². The summed E-state index contributed by atoms with van der Waals surface area (Å²) >= 11 is 12.1. The van der Waals surface area contributed by atoms with Gasteiger partial charge >= 0.3 is 17.8 Å². The van der Waals surface area contributed by atoms with Crippen LogP contribution in [-0.2, 0) is 14.4 Å². The largest absolute Gasteiger partial charge is 0.334 e. The number of benzene rings is 1. The molecule has 2 rings (SSSR count). The minimum atomic E-state index is -1.02. The first-order valence-electron chi connectivity index (χ1n) is 7.69. The van der Waals surface area contributed by atoms with Crippen molar-refractivity contribution in [2.45, 2.75) is 26.7 Å². The predicted octanol–water partition coefficient (Wildman–Crippen LogP) is 2.83. The van der Waals surface area contributed by atoms with Crippen molar-refractivity contribution in [1.29, 1.82) is 0 Å². The van der Waals surface area contributed by atoms with Gasteiger partial charge in [0.25, 0.3) is 0 Å². The first kappa shape index (κ1) is 19.2. The summed E-state index contributed by atoms with van der Waals surface area (Å²) in [5.41, 5.74) is 0.900. The standard InChI is InChI=1S/C16H17Cl2N3O4/c1-3-4-7-20-14(23)15(24)21(16(20)25)8-11(22)19-13-10(17)6-5-9(2)12(13)18/h5-6H,3-4,7-8H2,1-2H3,(H,19,22). The second-order valence-corrected chi connectivity index (χ2v) is 6.37. The Morgan fingerprint density at radius 1 is 1.12 bits per heavy atom. The maximum Gasteiger partial charge on any atom is 0.334 e. The van der Waals surface area contributed by atoms with Gasteiger partial charge in [0.2, 0.25) is 5.91 Å². The summed E-state index contributed by atoms with van der Waals surface area (Å²) in [5.74, 6) is -2.61. The Labute approximate surface area is 154 Å². The number of rotatable bonds is 6. The Hall–Kier alpha value is -2.12. The molecule has 1 saturated heterocycles. The number of carbonyl (C=O) groups is 4. The van der Waals surface area contributed by atoms with Crippen LogP contribution in [0.25, 0.3) is 0 Å². The molecule has 1 fully saturated rings. The molecule has 1 N–H and O–H groups in total. The number of urea groups is 1. The number of halogens is 2. The average molecular weight is 386 g/mol. The van der Waals surface area contributed by atoms with Crippen LogP contribution in [0, 0.1) is 6.92 Å². The molecule has 0 unspecified atom stereocenters. The molecule has 0 bridgehead atoms. The molecule has 0 aromatic heterocycles. The first-order chi connectivity index (χ1) is 11.8. The van der Waals surface area contributed by atoms with Crippen molar-refractivity contribution in [3.8, 4) is 0 Å². The van der Waals surface area contributed by atoms with Crippen LogP contribution >= 0.6 is 23.2 Å². The lowest BCUT2D eigenvalue weighted by atomic mass is 10.2. The van der Waals surface area contributed by atoms with Crippen LogP contribution < -0.4 is 5.32 Å². The number of aryl methyl sites for hydroxylation is 1. The van der Waals surface area contributed by atoms with Crippen LogP contribution in [0.3, 0.4) is 0 Å². The molecule has 1 heterocycles. The summed E-state index contributed by atoms with van der Waals surface area (Å²) in [7, 11) is 0. The highest BCUT2D eigenvalue weighted by Crippen LogP contribution is 2.32. The Morgan fingerprint density at radius 2 is 1.76 bits per heavy atom. The van der Waals surface area contributed by atoms with Crippen LogP contribution in [0.4, 0.5) is 10.5 Å². The third-order valence-corrected chi connectivity index (χ3v) is 4.52. The van der Waals surface area contributed by atoms with E-state index in [0.717, 1.165) is 11.3 Å². The number of hydrogen-bond donors (Lipinski definition) is 1. The highest BCUT2D eigenvalue weighted by molar-refractivity contribution is 6.45. The Balaban J connectivity index is 2.11. The fourth-order valence-electron chi connectivity index (χ4n) is 2.30. The van der Waals surface area contributed by atoms with E-state index in [-0.39, 0.29) is 22.3 Å². The molecule has 0 radical (unpaired) electrons. The molecule has 1 aliphatic heterocycles. The number of nitrogens with one attached hydrogen (secondary N) is 1. The number of nitrogens with zero attached hydrogens (tertiary/aromatic N) is 2. The van der Waals surface area contributed by atoms with Crippen molar-refractivity contribution in [2.75, 3.05) is 18.4 Å². The van der Waals surface area contributed by atoms with Gasteiger partial charge in [0, 0.05) is 6.54 Å². The SMILES string of the molecule is CCCCN1C(=O)C(=O)N(CC(=O)Nc2c(Cl)ccc(C)c2Cl)C1=O. The van der Waals surface area contributed by atoms with E-state index < -0.39 is 30.3 Å². The molecule has 1 aliphatic rings. The zero-order valence-electron chi connectivity index (χ0n) is 13.8. The third kappa shape index (κ3) is 3.93. The Morgan fingerprint density at radius 3 is 2.40 bits per heavy atom. The second kappa shape index (κ2) is 7.84. The summed E-state index contributed by atoms with van der Waals surface area (Å²) in [4.78, 5) is 49.7. The monoisotopic (exact) mass is 385 g/mol. The number of unbranched alkanes of at least 4 members (excludes halogenated alkanes) is 1. The molecule has 0 atom stereocenters. The van der Waals surface area contributed by atoms with E-state index in [1.165, 1.54) is 0 Å². The highest BCUT2D eigenvalue weighted by atomic mass is 35.5.